The molecular weight excluding hydrogens is 252 g/mol. The van der Waals surface area contributed by atoms with Crippen molar-refractivity contribution < 1.29 is 13.2 Å². The van der Waals surface area contributed by atoms with Crippen molar-refractivity contribution in [2.45, 2.75) is 24.8 Å². The fourth-order valence-corrected chi connectivity index (χ4v) is 2.19. The Morgan fingerprint density at radius 2 is 2.11 bits per heavy atom. The predicted molar refractivity (Wildman–Crippen MR) is 73.5 cm³/mol. The summed E-state index contributed by atoms with van der Waals surface area (Å²) in [6.45, 7) is 5.17. The van der Waals surface area contributed by atoms with Gasteiger partial charge in [-0.3, -0.25) is 0 Å². The van der Waals surface area contributed by atoms with Crippen molar-refractivity contribution in [3.63, 3.8) is 0 Å². The lowest BCUT2D eigenvalue weighted by Gasteiger charge is -2.15. The van der Waals surface area contributed by atoms with E-state index in [1.165, 1.54) is 6.07 Å². The molecule has 1 aromatic carbocycles. The number of hydrogen-bond acceptors (Lipinski definition) is 5. The monoisotopic (exact) mass is 272 g/mol. The second-order valence-electron chi connectivity index (χ2n) is 4.17. The van der Waals surface area contributed by atoms with E-state index in [1.54, 1.807) is 12.1 Å². The molecule has 6 heteroatoms. The molecule has 0 saturated heterocycles. The minimum atomic E-state index is -3.21. The van der Waals surface area contributed by atoms with E-state index in [0.717, 1.165) is 6.26 Å². The number of rotatable bonds is 6. The molecule has 3 N–H and O–H groups in total. The van der Waals surface area contributed by atoms with E-state index in [4.69, 9.17) is 10.5 Å². The molecule has 1 rings (SSSR count). The van der Waals surface area contributed by atoms with Crippen LogP contribution < -0.4 is 11.1 Å². The highest BCUT2D eigenvalue weighted by molar-refractivity contribution is 7.90. The lowest BCUT2D eigenvalue weighted by atomic mass is 10.2. The van der Waals surface area contributed by atoms with Gasteiger partial charge in [0.2, 0.25) is 0 Å². The average molecular weight is 272 g/mol. The topological polar surface area (TPSA) is 81.4 Å². The lowest BCUT2D eigenvalue weighted by molar-refractivity contribution is 0.0855. The SMILES string of the molecule is CCOC(C)CNc1ccc(S(C)(=O)=O)cc1N. The van der Waals surface area contributed by atoms with Crippen LogP contribution in [0.5, 0.6) is 0 Å². The first kappa shape index (κ1) is 14.8. The van der Waals surface area contributed by atoms with Gasteiger partial charge in [-0.15, -0.1) is 0 Å². The van der Waals surface area contributed by atoms with Crippen molar-refractivity contribution in [1.29, 1.82) is 0 Å². The summed E-state index contributed by atoms with van der Waals surface area (Å²) >= 11 is 0. The Balaban J connectivity index is 2.75. The second-order valence-corrected chi connectivity index (χ2v) is 6.18. The van der Waals surface area contributed by atoms with E-state index in [2.05, 4.69) is 5.32 Å². The van der Waals surface area contributed by atoms with Gasteiger partial charge in [0.1, 0.15) is 0 Å². The van der Waals surface area contributed by atoms with Gasteiger partial charge in [-0.2, -0.15) is 0 Å². The molecule has 0 bridgehead atoms. The molecule has 0 aliphatic heterocycles. The maximum atomic E-state index is 11.4. The van der Waals surface area contributed by atoms with Crippen LogP contribution in [0.15, 0.2) is 23.1 Å². The first-order chi connectivity index (χ1) is 8.34. The fraction of sp³-hybridized carbons (Fsp3) is 0.500. The molecule has 1 aromatic rings. The number of ether oxygens (including phenoxy) is 1. The minimum Gasteiger partial charge on any atom is -0.397 e. The first-order valence-electron chi connectivity index (χ1n) is 5.79. The van der Waals surface area contributed by atoms with Gasteiger partial charge in [0.05, 0.1) is 22.4 Å². The molecule has 0 fully saturated rings. The molecule has 0 spiro atoms. The Kier molecular flexibility index (Phi) is 4.98. The van der Waals surface area contributed by atoms with Crippen LogP contribution in [0.3, 0.4) is 0 Å². The summed E-state index contributed by atoms with van der Waals surface area (Å²) in [5, 5.41) is 3.13. The molecule has 0 heterocycles. The number of nitrogen functional groups attached to an aromatic ring is 1. The van der Waals surface area contributed by atoms with Crippen molar-refractivity contribution in [1.82, 2.24) is 0 Å². The van der Waals surface area contributed by atoms with Gasteiger partial charge < -0.3 is 15.8 Å². The van der Waals surface area contributed by atoms with Crippen LogP contribution in [0.1, 0.15) is 13.8 Å². The summed E-state index contributed by atoms with van der Waals surface area (Å²) in [7, 11) is -3.21. The molecule has 0 radical (unpaired) electrons. The third-order valence-electron chi connectivity index (χ3n) is 2.48. The van der Waals surface area contributed by atoms with E-state index in [1.807, 2.05) is 13.8 Å². The standard InChI is InChI=1S/C12H20N2O3S/c1-4-17-9(2)8-14-12-6-5-10(7-11(12)13)18(3,15)16/h5-7,9,14H,4,8,13H2,1-3H3. The maximum Gasteiger partial charge on any atom is 0.175 e. The van der Waals surface area contributed by atoms with Crippen molar-refractivity contribution >= 4 is 21.2 Å². The fourth-order valence-electron chi connectivity index (χ4n) is 1.53. The molecule has 1 atom stereocenters. The van der Waals surface area contributed by atoms with Crippen LogP contribution >= 0.6 is 0 Å². The van der Waals surface area contributed by atoms with E-state index >= 15 is 0 Å². The average Bonchev–Trinajstić information content (AvgIpc) is 2.26. The van der Waals surface area contributed by atoms with Crippen molar-refractivity contribution in [3.8, 4) is 0 Å². The van der Waals surface area contributed by atoms with Gasteiger partial charge in [0, 0.05) is 19.4 Å². The molecule has 0 aliphatic carbocycles. The summed E-state index contributed by atoms with van der Waals surface area (Å²) < 4.78 is 28.1. The van der Waals surface area contributed by atoms with Gasteiger partial charge in [-0.05, 0) is 32.0 Å². The minimum absolute atomic E-state index is 0.0731. The van der Waals surface area contributed by atoms with Crippen molar-refractivity contribution in [2.24, 2.45) is 0 Å². The van der Waals surface area contributed by atoms with Crippen LogP contribution in [0.25, 0.3) is 0 Å². The molecule has 102 valence electrons. The van der Waals surface area contributed by atoms with E-state index in [9.17, 15) is 8.42 Å². The summed E-state index contributed by atoms with van der Waals surface area (Å²) in [6.07, 6.45) is 1.23. The van der Waals surface area contributed by atoms with Crippen LogP contribution in [0.2, 0.25) is 0 Å². The summed E-state index contributed by atoms with van der Waals surface area (Å²) in [6, 6.07) is 4.67. The summed E-state index contributed by atoms with van der Waals surface area (Å²) in [4.78, 5) is 0.225. The van der Waals surface area contributed by atoms with Crippen LogP contribution in [-0.4, -0.2) is 33.9 Å². The first-order valence-corrected chi connectivity index (χ1v) is 7.68. The predicted octanol–water partition coefficient (Wildman–Crippen LogP) is 1.51. The Hall–Kier alpha value is -1.27. The smallest absolute Gasteiger partial charge is 0.175 e. The van der Waals surface area contributed by atoms with Crippen LogP contribution in [0, 0.1) is 0 Å². The van der Waals surface area contributed by atoms with E-state index < -0.39 is 9.84 Å². The van der Waals surface area contributed by atoms with Gasteiger partial charge >= 0.3 is 0 Å². The third-order valence-corrected chi connectivity index (χ3v) is 3.59. The lowest BCUT2D eigenvalue weighted by Crippen LogP contribution is -2.20. The van der Waals surface area contributed by atoms with Crippen molar-refractivity contribution in [3.05, 3.63) is 18.2 Å². The molecule has 0 saturated carbocycles. The Bertz CT molecular complexity index is 500. The highest BCUT2D eigenvalue weighted by Crippen LogP contribution is 2.22. The van der Waals surface area contributed by atoms with E-state index in [0.29, 0.717) is 24.5 Å². The number of benzene rings is 1. The van der Waals surface area contributed by atoms with Crippen LogP contribution in [0.4, 0.5) is 11.4 Å². The number of nitrogens with two attached hydrogens (primary N) is 1. The number of anilines is 2. The number of nitrogens with one attached hydrogen (secondary N) is 1. The number of sulfone groups is 1. The van der Waals surface area contributed by atoms with Crippen molar-refractivity contribution in [2.75, 3.05) is 30.5 Å². The zero-order valence-corrected chi connectivity index (χ0v) is 11.8. The normalized spacial score (nSPS) is 13.3. The molecule has 5 nitrogen and oxygen atoms in total. The van der Waals surface area contributed by atoms with Gasteiger partial charge in [-0.1, -0.05) is 0 Å². The second kappa shape index (κ2) is 6.06. The molecule has 0 aromatic heterocycles. The highest BCUT2D eigenvalue weighted by atomic mass is 32.2. The van der Waals surface area contributed by atoms with Gasteiger partial charge in [-0.25, -0.2) is 8.42 Å². The Morgan fingerprint density at radius 1 is 1.44 bits per heavy atom. The van der Waals surface area contributed by atoms with Crippen LogP contribution in [-0.2, 0) is 14.6 Å². The molecule has 1 unspecified atom stereocenters. The van der Waals surface area contributed by atoms with Gasteiger partial charge in [0.25, 0.3) is 0 Å². The highest BCUT2D eigenvalue weighted by Gasteiger charge is 2.10. The summed E-state index contributed by atoms with van der Waals surface area (Å²) in [5.41, 5.74) is 6.95. The third kappa shape index (κ3) is 4.19. The Labute approximate surface area is 108 Å². The Morgan fingerprint density at radius 3 is 2.61 bits per heavy atom. The zero-order valence-electron chi connectivity index (χ0n) is 10.9. The zero-order chi connectivity index (χ0) is 13.8. The molecule has 0 amide bonds. The molecule has 18 heavy (non-hydrogen) atoms. The largest absolute Gasteiger partial charge is 0.397 e. The summed E-state index contributed by atoms with van der Waals surface area (Å²) in [5.74, 6) is 0. The quantitative estimate of drug-likeness (QED) is 0.767. The maximum absolute atomic E-state index is 11.4. The van der Waals surface area contributed by atoms with Gasteiger partial charge in [0.15, 0.2) is 9.84 Å². The molecule has 0 aliphatic rings. The number of hydrogen-bond donors (Lipinski definition) is 2. The molecular formula is C12H20N2O3S. The van der Waals surface area contributed by atoms with E-state index in [-0.39, 0.29) is 11.0 Å².